The Labute approximate surface area is 52.8 Å². The van der Waals surface area contributed by atoms with E-state index in [1.54, 1.807) is 0 Å². The minimum atomic E-state index is -0.752. The normalized spacial score (nSPS) is 12.8. The minimum absolute atomic E-state index is 0.207. The molecule has 46 valence electrons. The van der Waals surface area contributed by atoms with Gasteiger partial charge in [-0.2, -0.15) is 17.5 Å². The highest BCUT2D eigenvalue weighted by Crippen LogP contribution is 1.93. The lowest BCUT2D eigenvalue weighted by Gasteiger charge is -1.95. The highest BCUT2D eigenvalue weighted by Gasteiger charge is 2.10. The molecule has 0 rings (SSSR count). The summed E-state index contributed by atoms with van der Waals surface area (Å²) in [6, 6.07) is -0.752. The molecule has 0 radical (unpaired) electrons. The van der Waals surface area contributed by atoms with Gasteiger partial charge in [0.2, 0.25) is 0 Å². The van der Waals surface area contributed by atoms with Crippen LogP contribution in [0.2, 0.25) is 0 Å². The van der Waals surface area contributed by atoms with E-state index in [1.165, 1.54) is 6.92 Å². The van der Waals surface area contributed by atoms with Gasteiger partial charge in [0.1, 0.15) is 0 Å². The number of carbonyl (C=O) groups is 1. The molecule has 0 aliphatic heterocycles. The average Bonchev–Trinajstić information content (AvgIpc) is 1.69. The Morgan fingerprint density at radius 1 is 1.88 bits per heavy atom. The van der Waals surface area contributed by atoms with Crippen LogP contribution in [0.25, 0.3) is 0 Å². The van der Waals surface area contributed by atoms with Gasteiger partial charge in [-0.05, 0) is 6.92 Å². The van der Waals surface area contributed by atoms with Crippen LogP contribution in [0.15, 0.2) is 5.18 Å². The van der Waals surface area contributed by atoms with Crippen LogP contribution in [-0.4, -0.2) is 17.6 Å². The fourth-order valence-corrected chi connectivity index (χ4v) is 0.560. The van der Waals surface area contributed by atoms with Crippen molar-refractivity contribution < 1.29 is 4.79 Å². The number of carbonyl (C=O) groups excluding carboxylic acids is 1. The zero-order valence-corrected chi connectivity index (χ0v) is 5.39. The Morgan fingerprint density at radius 3 is 2.38 bits per heavy atom. The van der Waals surface area contributed by atoms with E-state index in [0.717, 1.165) is 0 Å². The average molecular weight is 133 g/mol. The predicted octanol–water partition coefficient (Wildman–Crippen LogP) is 0.640. The van der Waals surface area contributed by atoms with Gasteiger partial charge >= 0.3 is 0 Å². The van der Waals surface area contributed by atoms with Crippen LogP contribution in [0.5, 0.6) is 0 Å². The second-order valence-electron chi connectivity index (χ2n) is 1.41. The molecule has 0 unspecified atom stereocenters. The number of rotatable bonds is 3. The summed E-state index contributed by atoms with van der Waals surface area (Å²) in [6.45, 7) is 1.32. The summed E-state index contributed by atoms with van der Waals surface area (Å²) in [5, 5.41) is 2.53. The number of ketones is 1. The Morgan fingerprint density at radius 2 is 2.38 bits per heavy atom. The van der Waals surface area contributed by atoms with E-state index in [9.17, 15) is 9.70 Å². The van der Waals surface area contributed by atoms with Crippen molar-refractivity contribution in [3.05, 3.63) is 4.91 Å². The molecular weight excluding hydrogens is 126 g/mol. The van der Waals surface area contributed by atoms with Crippen molar-refractivity contribution in [3.63, 3.8) is 0 Å². The van der Waals surface area contributed by atoms with Gasteiger partial charge < -0.3 is 0 Å². The summed E-state index contributed by atoms with van der Waals surface area (Å²) >= 11 is 3.72. The number of hydrogen-bond acceptors (Lipinski definition) is 4. The highest BCUT2D eigenvalue weighted by atomic mass is 32.1. The van der Waals surface area contributed by atoms with Crippen LogP contribution < -0.4 is 0 Å². The molecule has 0 saturated heterocycles. The summed E-state index contributed by atoms with van der Waals surface area (Å²) in [5.74, 6) is -0.0197. The lowest BCUT2D eigenvalue weighted by Crippen LogP contribution is -2.15. The summed E-state index contributed by atoms with van der Waals surface area (Å²) in [5.41, 5.74) is 0. The van der Waals surface area contributed by atoms with E-state index in [2.05, 4.69) is 17.8 Å². The van der Waals surface area contributed by atoms with Gasteiger partial charge in [-0.3, -0.25) is 4.79 Å². The molecule has 8 heavy (non-hydrogen) atoms. The van der Waals surface area contributed by atoms with Crippen molar-refractivity contribution in [2.24, 2.45) is 5.18 Å². The van der Waals surface area contributed by atoms with Crippen molar-refractivity contribution in [3.8, 4) is 0 Å². The molecule has 0 aromatic carbocycles. The van der Waals surface area contributed by atoms with Crippen LogP contribution in [0.3, 0.4) is 0 Å². The zero-order chi connectivity index (χ0) is 6.57. The van der Waals surface area contributed by atoms with Crippen molar-refractivity contribution in [1.82, 2.24) is 0 Å². The van der Waals surface area contributed by atoms with Gasteiger partial charge in [0.05, 0.1) is 0 Å². The second kappa shape index (κ2) is 3.60. The maximum atomic E-state index is 10.3. The maximum Gasteiger partial charge on any atom is 0.158 e. The first-order valence-corrected chi connectivity index (χ1v) is 2.79. The summed E-state index contributed by atoms with van der Waals surface area (Å²) in [7, 11) is 0. The SMILES string of the molecule is CC(=O)[C@H](CS)N=O. The Bertz CT molecular complexity index is 104. The number of nitroso groups, excluding NO2 is 1. The monoisotopic (exact) mass is 133 g/mol. The van der Waals surface area contributed by atoms with Crippen LogP contribution in [-0.2, 0) is 4.79 Å². The van der Waals surface area contributed by atoms with Gasteiger partial charge in [-0.25, -0.2) is 0 Å². The molecule has 0 spiro atoms. The Balaban J connectivity index is 3.69. The van der Waals surface area contributed by atoms with Gasteiger partial charge in [-0.1, -0.05) is 5.18 Å². The van der Waals surface area contributed by atoms with Gasteiger partial charge in [-0.15, -0.1) is 0 Å². The number of nitrogens with zero attached hydrogens (tertiary/aromatic N) is 1. The molecule has 0 aromatic heterocycles. The van der Waals surface area contributed by atoms with Crippen molar-refractivity contribution in [2.45, 2.75) is 13.0 Å². The van der Waals surface area contributed by atoms with Crippen molar-refractivity contribution in [2.75, 3.05) is 5.75 Å². The lowest BCUT2D eigenvalue weighted by molar-refractivity contribution is -0.117. The standard InChI is InChI=1S/C4H7NO2S/c1-3(6)4(2-8)5-7/h4,8H,2H2,1H3/t4-/m0/s1. The smallest absolute Gasteiger partial charge is 0.158 e. The quantitative estimate of drug-likeness (QED) is 0.453. The first kappa shape index (κ1) is 7.62. The molecular formula is C4H7NO2S. The van der Waals surface area contributed by atoms with Gasteiger partial charge in [0.25, 0.3) is 0 Å². The van der Waals surface area contributed by atoms with E-state index in [-0.39, 0.29) is 11.5 Å². The van der Waals surface area contributed by atoms with Crippen LogP contribution in [0.4, 0.5) is 0 Å². The van der Waals surface area contributed by atoms with E-state index in [1.807, 2.05) is 0 Å². The Hall–Kier alpha value is -0.380. The van der Waals surface area contributed by atoms with Crippen LogP contribution in [0.1, 0.15) is 6.92 Å². The molecule has 0 bridgehead atoms. The van der Waals surface area contributed by atoms with E-state index < -0.39 is 6.04 Å². The number of thiol groups is 1. The molecule has 0 aliphatic rings. The molecule has 0 aromatic rings. The molecule has 0 aliphatic carbocycles. The Kier molecular flexibility index (Phi) is 3.43. The van der Waals surface area contributed by atoms with Crippen molar-refractivity contribution >= 4 is 18.4 Å². The van der Waals surface area contributed by atoms with E-state index in [0.29, 0.717) is 0 Å². The number of Topliss-reactive ketones (excluding diaryl/α,β-unsaturated/α-hetero) is 1. The summed E-state index contributed by atoms with van der Waals surface area (Å²) < 4.78 is 0. The molecule has 0 heterocycles. The fraction of sp³-hybridized carbons (Fsp3) is 0.750. The largest absolute Gasteiger partial charge is 0.297 e. The molecule has 1 atom stereocenters. The summed E-state index contributed by atoms with van der Waals surface area (Å²) in [6.07, 6.45) is 0. The molecule has 0 fully saturated rings. The van der Waals surface area contributed by atoms with E-state index >= 15 is 0 Å². The zero-order valence-electron chi connectivity index (χ0n) is 4.50. The number of hydrogen-bond donors (Lipinski definition) is 1. The summed E-state index contributed by atoms with van der Waals surface area (Å²) in [4.78, 5) is 19.9. The first-order chi connectivity index (χ1) is 3.72. The van der Waals surface area contributed by atoms with E-state index in [4.69, 9.17) is 0 Å². The van der Waals surface area contributed by atoms with Gasteiger partial charge in [0, 0.05) is 5.75 Å². The van der Waals surface area contributed by atoms with Gasteiger partial charge in [0.15, 0.2) is 11.8 Å². The molecule has 3 nitrogen and oxygen atoms in total. The third-order valence-corrected chi connectivity index (χ3v) is 1.12. The molecule has 0 amide bonds. The van der Waals surface area contributed by atoms with Crippen LogP contribution in [0, 0.1) is 4.91 Å². The molecule has 0 saturated carbocycles. The second-order valence-corrected chi connectivity index (χ2v) is 1.78. The maximum absolute atomic E-state index is 10.3. The first-order valence-electron chi connectivity index (χ1n) is 2.16. The topological polar surface area (TPSA) is 46.5 Å². The van der Waals surface area contributed by atoms with Crippen LogP contribution >= 0.6 is 12.6 Å². The minimum Gasteiger partial charge on any atom is -0.297 e. The fourth-order valence-electron chi connectivity index (χ4n) is 0.236. The lowest BCUT2D eigenvalue weighted by atomic mass is 10.3. The third kappa shape index (κ3) is 2.07. The highest BCUT2D eigenvalue weighted by molar-refractivity contribution is 7.80. The molecule has 4 heteroatoms. The molecule has 0 N–H and O–H groups in total. The third-order valence-electron chi connectivity index (χ3n) is 0.769. The predicted molar refractivity (Wildman–Crippen MR) is 34.1 cm³/mol. The van der Waals surface area contributed by atoms with Crippen molar-refractivity contribution in [1.29, 1.82) is 0 Å².